The maximum atomic E-state index is 12.7. The molecule has 0 unspecified atom stereocenters. The summed E-state index contributed by atoms with van der Waals surface area (Å²) in [6.45, 7) is 6.94. The highest BCUT2D eigenvalue weighted by atomic mass is 19.4. The van der Waals surface area contributed by atoms with Crippen molar-refractivity contribution in [2.24, 2.45) is 0 Å². The fourth-order valence-corrected chi connectivity index (χ4v) is 2.21. The Morgan fingerprint density at radius 3 is 2.30 bits per heavy atom. The van der Waals surface area contributed by atoms with E-state index in [1.54, 1.807) is 30.6 Å². The number of halogens is 3. The first kappa shape index (κ1) is 17.4. The van der Waals surface area contributed by atoms with E-state index >= 15 is 0 Å². The van der Waals surface area contributed by atoms with Crippen LogP contribution < -0.4 is 4.90 Å². The molecule has 8 heteroatoms. The number of ether oxygens (including phenoxy) is 1. The van der Waals surface area contributed by atoms with E-state index in [4.69, 9.17) is 4.74 Å². The molecule has 0 aromatic carbocycles. The van der Waals surface area contributed by atoms with Gasteiger partial charge in [-0.05, 0) is 32.9 Å². The van der Waals surface area contributed by atoms with E-state index in [0.717, 1.165) is 18.3 Å². The zero-order chi connectivity index (χ0) is 17.3. The van der Waals surface area contributed by atoms with Gasteiger partial charge in [0.2, 0.25) is 0 Å². The summed E-state index contributed by atoms with van der Waals surface area (Å²) in [7, 11) is 0. The first-order chi connectivity index (χ1) is 10.6. The molecule has 0 saturated carbocycles. The van der Waals surface area contributed by atoms with Gasteiger partial charge in [0.1, 0.15) is 11.4 Å². The molecule has 2 rings (SSSR count). The lowest BCUT2D eigenvalue weighted by Crippen LogP contribution is -2.50. The topological polar surface area (TPSA) is 45.7 Å². The standard InChI is InChI=1S/C15H20F3N3O2/c1-14(2,3)23-13(22)21-8-6-20(7-9-21)12-10-11(4-5-19-12)15(16,17)18/h4-5,10H,6-9H2,1-3H3. The number of rotatable bonds is 1. The first-order valence-corrected chi connectivity index (χ1v) is 7.32. The number of alkyl halides is 3. The number of carbonyl (C=O) groups excluding carboxylic acids is 1. The quantitative estimate of drug-likeness (QED) is 0.793. The van der Waals surface area contributed by atoms with Gasteiger partial charge in [-0.3, -0.25) is 0 Å². The van der Waals surface area contributed by atoms with Crippen LogP contribution in [0.1, 0.15) is 26.3 Å². The Kier molecular flexibility index (Phi) is 4.72. The van der Waals surface area contributed by atoms with Gasteiger partial charge >= 0.3 is 12.3 Å². The van der Waals surface area contributed by atoms with Crippen molar-refractivity contribution in [3.63, 3.8) is 0 Å². The summed E-state index contributed by atoms with van der Waals surface area (Å²) in [6.07, 6.45) is -3.65. The Labute approximate surface area is 133 Å². The number of piperazine rings is 1. The second-order valence-corrected chi connectivity index (χ2v) is 6.35. The second-order valence-electron chi connectivity index (χ2n) is 6.35. The Morgan fingerprint density at radius 1 is 1.17 bits per heavy atom. The summed E-state index contributed by atoms with van der Waals surface area (Å²) >= 11 is 0. The third kappa shape index (κ3) is 4.74. The van der Waals surface area contributed by atoms with Gasteiger partial charge in [0, 0.05) is 32.4 Å². The van der Waals surface area contributed by atoms with E-state index in [1.165, 1.54) is 0 Å². The van der Waals surface area contributed by atoms with Crippen LogP contribution in [0.25, 0.3) is 0 Å². The molecule has 1 saturated heterocycles. The SMILES string of the molecule is CC(C)(C)OC(=O)N1CCN(c2cc(C(F)(F)F)ccn2)CC1. The van der Waals surface area contributed by atoms with Gasteiger partial charge in [0.15, 0.2) is 0 Å². The summed E-state index contributed by atoms with van der Waals surface area (Å²) in [5.41, 5.74) is -1.30. The molecular formula is C15H20F3N3O2. The molecule has 0 radical (unpaired) electrons. The lowest BCUT2D eigenvalue weighted by Gasteiger charge is -2.36. The minimum absolute atomic E-state index is 0.267. The van der Waals surface area contributed by atoms with Crippen LogP contribution in [0.4, 0.5) is 23.8 Å². The van der Waals surface area contributed by atoms with E-state index in [0.29, 0.717) is 26.2 Å². The van der Waals surface area contributed by atoms with E-state index in [9.17, 15) is 18.0 Å². The predicted octanol–water partition coefficient (Wildman–Crippen LogP) is 3.16. The smallest absolute Gasteiger partial charge is 0.416 e. The minimum atomic E-state index is -4.39. The number of nitrogens with zero attached hydrogens (tertiary/aromatic N) is 3. The highest BCUT2D eigenvalue weighted by Crippen LogP contribution is 2.30. The zero-order valence-corrected chi connectivity index (χ0v) is 13.4. The number of anilines is 1. The lowest BCUT2D eigenvalue weighted by molar-refractivity contribution is -0.137. The molecule has 0 atom stereocenters. The Morgan fingerprint density at radius 2 is 1.78 bits per heavy atom. The average molecular weight is 331 g/mol. The minimum Gasteiger partial charge on any atom is -0.444 e. The molecular weight excluding hydrogens is 311 g/mol. The van der Waals surface area contributed by atoms with Crippen molar-refractivity contribution in [1.82, 2.24) is 9.88 Å². The molecule has 0 spiro atoms. The van der Waals surface area contributed by atoms with Gasteiger partial charge in [-0.25, -0.2) is 9.78 Å². The Balaban J connectivity index is 1.98. The summed E-state index contributed by atoms with van der Waals surface area (Å²) in [5.74, 6) is 0.267. The summed E-state index contributed by atoms with van der Waals surface area (Å²) < 4.78 is 43.5. The molecule has 1 aromatic rings. The van der Waals surface area contributed by atoms with Crippen LogP contribution in [0.3, 0.4) is 0 Å². The van der Waals surface area contributed by atoms with E-state index < -0.39 is 23.4 Å². The third-order valence-electron chi connectivity index (χ3n) is 3.33. The van der Waals surface area contributed by atoms with E-state index in [2.05, 4.69) is 4.98 Å². The molecule has 1 aliphatic heterocycles. The van der Waals surface area contributed by atoms with Gasteiger partial charge in [-0.2, -0.15) is 13.2 Å². The molecule has 2 heterocycles. The molecule has 1 aliphatic rings. The van der Waals surface area contributed by atoms with E-state index in [-0.39, 0.29) is 5.82 Å². The van der Waals surface area contributed by atoms with Crippen LogP contribution >= 0.6 is 0 Å². The van der Waals surface area contributed by atoms with Crippen molar-refractivity contribution >= 4 is 11.9 Å². The lowest BCUT2D eigenvalue weighted by atomic mass is 10.2. The van der Waals surface area contributed by atoms with Crippen LogP contribution in [0, 0.1) is 0 Å². The molecule has 0 N–H and O–H groups in total. The van der Waals surface area contributed by atoms with Gasteiger partial charge in [0.05, 0.1) is 5.56 Å². The highest BCUT2D eigenvalue weighted by molar-refractivity contribution is 5.68. The number of hydrogen-bond donors (Lipinski definition) is 0. The van der Waals surface area contributed by atoms with Crippen molar-refractivity contribution < 1.29 is 22.7 Å². The number of carbonyl (C=O) groups is 1. The van der Waals surface area contributed by atoms with Crippen molar-refractivity contribution in [3.05, 3.63) is 23.9 Å². The third-order valence-corrected chi connectivity index (χ3v) is 3.33. The monoisotopic (exact) mass is 331 g/mol. The van der Waals surface area contributed by atoms with E-state index in [1.807, 2.05) is 0 Å². The normalized spacial score (nSPS) is 16.4. The van der Waals surface area contributed by atoms with Gasteiger partial charge < -0.3 is 14.5 Å². The largest absolute Gasteiger partial charge is 0.444 e. The predicted molar refractivity (Wildman–Crippen MR) is 79.3 cm³/mol. The summed E-state index contributed by atoms with van der Waals surface area (Å²) in [5, 5.41) is 0. The maximum Gasteiger partial charge on any atom is 0.416 e. The van der Waals surface area contributed by atoms with Gasteiger partial charge in [0.25, 0.3) is 0 Å². The molecule has 1 aromatic heterocycles. The number of pyridine rings is 1. The zero-order valence-electron chi connectivity index (χ0n) is 13.4. The van der Waals surface area contributed by atoms with Crippen molar-refractivity contribution in [2.75, 3.05) is 31.1 Å². The van der Waals surface area contributed by atoms with Crippen LogP contribution in [0.2, 0.25) is 0 Å². The molecule has 0 bridgehead atoms. The highest BCUT2D eigenvalue weighted by Gasteiger charge is 2.32. The Hall–Kier alpha value is -1.99. The number of hydrogen-bond acceptors (Lipinski definition) is 4. The molecule has 23 heavy (non-hydrogen) atoms. The van der Waals surface area contributed by atoms with Gasteiger partial charge in [-0.15, -0.1) is 0 Å². The van der Waals surface area contributed by atoms with Crippen molar-refractivity contribution in [3.8, 4) is 0 Å². The maximum absolute atomic E-state index is 12.7. The Bertz CT molecular complexity index is 562. The number of amides is 1. The average Bonchev–Trinajstić information content (AvgIpc) is 2.45. The van der Waals surface area contributed by atoms with Crippen molar-refractivity contribution in [1.29, 1.82) is 0 Å². The van der Waals surface area contributed by atoms with Crippen LogP contribution in [-0.4, -0.2) is 47.8 Å². The molecule has 1 amide bonds. The molecule has 5 nitrogen and oxygen atoms in total. The van der Waals surface area contributed by atoms with Crippen molar-refractivity contribution in [2.45, 2.75) is 32.5 Å². The fraction of sp³-hybridized carbons (Fsp3) is 0.600. The van der Waals surface area contributed by atoms with Crippen LogP contribution in [0.15, 0.2) is 18.3 Å². The molecule has 0 aliphatic carbocycles. The van der Waals surface area contributed by atoms with Gasteiger partial charge in [-0.1, -0.05) is 0 Å². The first-order valence-electron chi connectivity index (χ1n) is 7.32. The van der Waals surface area contributed by atoms with Crippen LogP contribution in [-0.2, 0) is 10.9 Å². The molecule has 128 valence electrons. The summed E-state index contributed by atoms with van der Waals surface area (Å²) in [4.78, 5) is 19.2. The second kappa shape index (κ2) is 6.25. The fourth-order valence-electron chi connectivity index (χ4n) is 2.21. The number of aromatic nitrogens is 1. The molecule has 1 fully saturated rings. The van der Waals surface area contributed by atoms with Crippen LogP contribution in [0.5, 0.6) is 0 Å². The summed E-state index contributed by atoms with van der Waals surface area (Å²) in [6, 6.07) is 1.98.